The normalized spacial score (nSPS) is 23.5. The van der Waals surface area contributed by atoms with Gasteiger partial charge < -0.3 is 10.5 Å². The Labute approximate surface area is 98.8 Å². The van der Waals surface area contributed by atoms with Gasteiger partial charge in [0.25, 0.3) is 5.91 Å². The van der Waals surface area contributed by atoms with Gasteiger partial charge in [-0.25, -0.2) is 0 Å². The van der Waals surface area contributed by atoms with E-state index in [4.69, 9.17) is 10.5 Å². The minimum absolute atomic E-state index is 0.0439. The molecule has 1 aromatic carbocycles. The second kappa shape index (κ2) is 3.85. The van der Waals surface area contributed by atoms with Crippen LogP contribution >= 0.6 is 0 Å². The number of carbonyl (C=O) groups is 1. The molecule has 1 amide bonds. The minimum atomic E-state index is -0.219. The number of nitrogens with zero attached hydrogens (tertiary/aromatic N) is 2. The first-order valence-corrected chi connectivity index (χ1v) is 5.61. The number of carbonyl (C=O) groups excluding carboxylic acids is 1. The zero-order valence-electron chi connectivity index (χ0n) is 9.30. The molecule has 1 fully saturated rings. The number of amides is 1. The van der Waals surface area contributed by atoms with Gasteiger partial charge in [-0.2, -0.15) is 10.1 Å². The number of ether oxygens (including phenoxy) is 1. The first kappa shape index (κ1) is 10.3. The van der Waals surface area contributed by atoms with Crippen LogP contribution in [0.4, 0.5) is 11.4 Å². The average Bonchev–Trinajstić information content (AvgIpc) is 2.68. The average molecular weight is 231 g/mol. The standard InChI is InChI=1S/C12H13N3O2/c13-9-3-1-2-4-11(9)15-12(16)8-7-17-6-5-10(8)14-15/h1-4,8H,5-7,13H2. The Morgan fingerprint density at radius 2 is 2.24 bits per heavy atom. The number of fused-ring (bicyclic) bond motifs is 1. The van der Waals surface area contributed by atoms with Crippen molar-refractivity contribution in [2.24, 2.45) is 11.0 Å². The van der Waals surface area contributed by atoms with E-state index in [1.165, 1.54) is 5.01 Å². The predicted molar refractivity (Wildman–Crippen MR) is 64.7 cm³/mol. The molecule has 1 unspecified atom stereocenters. The summed E-state index contributed by atoms with van der Waals surface area (Å²) < 4.78 is 5.31. The maximum absolute atomic E-state index is 12.2. The highest BCUT2D eigenvalue weighted by Crippen LogP contribution is 2.30. The van der Waals surface area contributed by atoms with Gasteiger partial charge in [0, 0.05) is 6.42 Å². The van der Waals surface area contributed by atoms with Crippen LogP contribution in [0, 0.1) is 5.92 Å². The maximum atomic E-state index is 12.2. The summed E-state index contributed by atoms with van der Waals surface area (Å²) in [6.07, 6.45) is 0.722. The van der Waals surface area contributed by atoms with Crippen LogP contribution in [0.2, 0.25) is 0 Å². The smallest absolute Gasteiger partial charge is 0.258 e. The van der Waals surface area contributed by atoms with E-state index in [2.05, 4.69) is 5.10 Å². The van der Waals surface area contributed by atoms with Crippen molar-refractivity contribution in [3.05, 3.63) is 24.3 Å². The fourth-order valence-electron chi connectivity index (χ4n) is 2.16. The Bertz CT molecular complexity index is 498. The van der Waals surface area contributed by atoms with E-state index in [9.17, 15) is 4.79 Å². The molecular weight excluding hydrogens is 218 g/mol. The van der Waals surface area contributed by atoms with Crippen molar-refractivity contribution in [2.45, 2.75) is 6.42 Å². The third-order valence-corrected chi connectivity index (χ3v) is 3.09. The molecule has 2 heterocycles. The highest BCUT2D eigenvalue weighted by atomic mass is 16.5. The van der Waals surface area contributed by atoms with E-state index in [1.807, 2.05) is 12.1 Å². The number of rotatable bonds is 1. The van der Waals surface area contributed by atoms with Crippen molar-refractivity contribution in [2.75, 3.05) is 24.0 Å². The van der Waals surface area contributed by atoms with Crippen LogP contribution in [0.3, 0.4) is 0 Å². The summed E-state index contributed by atoms with van der Waals surface area (Å²) in [6, 6.07) is 7.25. The van der Waals surface area contributed by atoms with Crippen LogP contribution in [-0.2, 0) is 9.53 Å². The number of hydrogen-bond donors (Lipinski definition) is 1. The summed E-state index contributed by atoms with van der Waals surface area (Å²) in [7, 11) is 0. The lowest BCUT2D eigenvalue weighted by molar-refractivity contribution is -0.121. The largest absolute Gasteiger partial charge is 0.397 e. The summed E-state index contributed by atoms with van der Waals surface area (Å²) in [6.45, 7) is 1.07. The molecule has 88 valence electrons. The van der Waals surface area contributed by atoms with Gasteiger partial charge in [0.05, 0.1) is 30.3 Å². The van der Waals surface area contributed by atoms with Crippen molar-refractivity contribution >= 4 is 23.0 Å². The monoisotopic (exact) mass is 231 g/mol. The summed E-state index contributed by atoms with van der Waals surface area (Å²) in [5.41, 5.74) is 7.98. The molecule has 1 aromatic rings. The van der Waals surface area contributed by atoms with Crippen LogP contribution in [0.25, 0.3) is 0 Å². The van der Waals surface area contributed by atoms with E-state index >= 15 is 0 Å². The molecule has 0 saturated carbocycles. The van der Waals surface area contributed by atoms with Crippen molar-refractivity contribution in [1.29, 1.82) is 0 Å². The van der Waals surface area contributed by atoms with Gasteiger partial charge in [-0.1, -0.05) is 12.1 Å². The molecule has 0 aliphatic carbocycles. The minimum Gasteiger partial charge on any atom is -0.397 e. The molecule has 3 rings (SSSR count). The fourth-order valence-corrected chi connectivity index (χ4v) is 2.16. The Hall–Kier alpha value is -1.88. The molecule has 5 heteroatoms. The van der Waals surface area contributed by atoms with Crippen LogP contribution in [0.15, 0.2) is 29.4 Å². The number of anilines is 2. The lowest BCUT2D eigenvalue weighted by atomic mass is 10.00. The topological polar surface area (TPSA) is 67.9 Å². The maximum Gasteiger partial charge on any atom is 0.258 e. The molecular formula is C12H13N3O2. The Kier molecular flexibility index (Phi) is 2.33. The summed E-state index contributed by atoms with van der Waals surface area (Å²) >= 11 is 0. The quantitative estimate of drug-likeness (QED) is 0.733. The number of hydrogen-bond acceptors (Lipinski definition) is 4. The van der Waals surface area contributed by atoms with Crippen molar-refractivity contribution < 1.29 is 9.53 Å². The van der Waals surface area contributed by atoms with Gasteiger partial charge in [-0.05, 0) is 12.1 Å². The molecule has 2 aliphatic heterocycles. The van der Waals surface area contributed by atoms with E-state index in [-0.39, 0.29) is 11.8 Å². The Balaban J connectivity index is 1.98. The highest BCUT2D eigenvalue weighted by Gasteiger charge is 2.38. The SMILES string of the molecule is Nc1ccccc1N1N=C2CCOCC2C1=O. The van der Waals surface area contributed by atoms with Gasteiger partial charge in [-0.15, -0.1) is 0 Å². The van der Waals surface area contributed by atoms with E-state index in [0.717, 1.165) is 12.1 Å². The van der Waals surface area contributed by atoms with Gasteiger partial charge in [0.15, 0.2) is 0 Å². The van der Waals surface area contributed by atoms with Crippen LogP contribution < -0.4 is 10.7 Å². The molecule has 17 heavy (non-hydrogen) atoms. The second-order valence-corrected chi connectivity index (χ2v) is 4.18. The van der Waals surface area contributed by atoms with Crippen molar-refractivity contribution in [1.82, 2.24) is 0 Å². The van der Waals surface area contributed by atoms with E-state index in [0.29, 0.717) is 24.6 Å². The number of hydrazone groups is 1. The van der Waals surface area contributed by atoms with Crippen LogP contribution in [0.1, 0.15) is 6.42 Å². The molecule has 5 nitrogen and oxygen atoms in total. The number of para-hydroxylation sites is 2. The molecule has 0 radical (unpaired) electrons. The zero-order chi connectivity index (χ0) is 11.8. The van der Waals surface area contributed by atoms with E-state index in [1.54, 1.807) is 12.1 Å². The first-order chi connectivity index (χ1) is 8.27. The van der Waals surface area contributed by atoms with Gasteiger partial charge in [0.2, 0.25) is 0 Å². The van der Waals surface area contributed by atoms with Crippen LogP contribution in [-0.4, -0.2) is 24.8 Å². The van der Waals surface area contributed by atoms with Crippen LogP contribution in [0.5, 0.6) is 0 Å². The molecule has 1 saturated heterocycles. The summed E-state index contributed by atoms with van der Waals surface area (Å²) in [5, 5.41) is 5.77. The predicted octanol–water partition coefficient (Wildman–Crippen LogP) is 1.01. The molecule has 2 aliphatic rings. The Morgan fingerprint density at radius 1 is 1.41 bits per heavy atom. The lowest BCUT2D eigenvalue weighted by Gasteiger charge is -2.18. The number of benzene rings is 1. The lowest BCUT2D eigenvalue weighted by Crippen LogP contribution is -2.34. The zero-order valence-corrected chi connectivity index (χ0v) is 9.30. The van der Waals surface area contributed by atoms with E-state index < -0.39 is 0 Å². The highest BCUT2D eigenvalue weighted by molar-refractivity contribution is 6.16. The summed E-state index contributed by atoms with van der Waals surface area (Å²) in [5.74, 6) is -0.263. The number of nitrogen functional groups attached to an aromatic ring is 1. The van der Waals surface area contributed by atoms with Crippen molar-refractivity contribution in [3.8, 4) is 0 Å². The molecule has 0 aromatic heterocycles. The summed E-state index contributed by atoms with van der Waals surface area (Å²) in [4.78, 5) is 12.2. The Morgan fingerprint density at radius 3 is 3.00 bits per heavy atom. The molecule has 0 bridgehead atoms. The van der Waals surface area contributed by atoms with Crippen molar-refractivity contribution in [3.63, 3.8) is 0 Å². The second-order valence-electron chi connectivity index (χ2n) is 4.18. The van der Waals surface area contributed by atoms with Gasteiger partial charge in [-0.3, -0.25) is 4.79 Å². The third-order valence-electron chi connectivity index (χ3n) is 3.09. The molecule has 1 atom stereocenters. The fraction of sp³-hybridized carbons (Fsp3) is 0.333. The first-order valence-electron chi connectivity index (χ1n) is 5.61. The van der Waals surface area contributed by atoms with Gasteiger partial charge in [0.1, 0.15) is 5.92 Å². The third kappa shape index (κ3) is 1.59. The number of nitrogens with two attached hydrogens (primary N) is 1. The molecule has 0 spiro atoms. The molecule has 2 N–H and O–H groups in total. The van der Waals surface area contributed by atoms with Gasteiger partial charge >= 0.3 is 0 Å².